The van der Waals surface area contributed by atoms with Crippen molar-refractivity contribution in [3.05, 3.63) is 0 Å². The van der Waals surface area contributed by atoms with E-state index < -0.39 is 0 Å². The molecule has 0 bridgehead atoms. The van der Waals surface area contributed by atoms with Gasteiger partial charge in [-0.2, -0.15) is 0 Å². The Morgan fingerprint density at radius 3 is 2.74 bits per heavy atom. The lowest BCUT2D eigenvalue weighted by atomic mass is 9.43. The molecule has 152 valence electrons. The highest BCUT2D eigenvalue weighted by Gasteiger charge is 2.61. The van der Waals surface area contributed by atoms with Crippen molar-refractivity contribution in [2.24, 2.45) is 51.3 Å². The number of ketones is 1. The maximum Gasteiger partial charge on any atom is 0.139 e. The zero-order valence-electron chi connectivity index (χ0n) is 17.0. The van der Waals surface area contributed by atoms with E-state index >= 15 is 0 Å². The number of nitrogens with zero attached hydrogens (tertiary/aromatic N) is 1. The van der Waals surface area contributed by atoms with E-state index in [1.807, 2.05) is 0 Å². The van der Waals surface area contributed by atoms with Crippen LogP contribution in [0.4, 0.5) is 0 Å². The van der Waals surface area contributed by atoms with Crippen LogP contribution < -0.4 is 5.73 Å². The third-order valence-electron chi connectivity index (χ3n) is 9.03. The maximum absolute atomic E-state index is 12.6. The fraction of sp³-hybridized carbons (Fsp3) is 0.909. The van der Waals surface area contributed by atoms with Crippen LogP contribution >= 0.6 is 0 Å². The van der Waals surface area contributed by atoms with Crippen LogP contribution in [-0.4, -0.2) is 36.4 Å². The second kappa shape index (κ2) is 7.14. The number of hydrogen-bond donors (Lipinski definition) is 2. The van der Waals surface area contributed by atoms with Gasteiger partial charge in [-0.25, -0.2) is 0 Å². The molecule has 4 aliphatic rings. The van der Waals surface area contributed by atoms with Crippen molar-refractivity contribution in [2.75, 3.05) is 19.8 Å². The van der Waals surface area contributed by atoms with E-state index in [0.717, 1.165) is 50.7 Å². The molecule has 0 radical (unpaired) electrons. The molecule has 0 heterocycles. The molecule has 4 rings (SSSR count). The van der Waals surface area contributed by atoms with Crippen LogP contribution in [0.5, 0.6) is 0 Å². The van der Waals surface area contributed by atoms with Gasteiger partial charge >= 0.3 is 0 Å². The molecule has 27 heavy (non-hydrogen) atoms. The number of Topliss-reactive ketones (excluding diaryl/α,β-unsaturated/α-hetero) is 1. The zero-order chi connectivity index (χ0) is 19.2. The van der Waals surface area contributed by atoms with Gasteiger partial charge in [0.05, 0.1) is 5.71 Å². The molecule has 0 aromatic carbocycles. The van der Waals surface area contributed by atoms with Gasteiger partial charge in [0, 0.05) is 25.0 Å². The number of aliphatic hydroxyl groups is 1. The number of oxime groups is 1. The summed E-state index contributed by atoms with van der Waals surface area (Å²) in [5, 5.41) is 14.6. The van der Waals surface area contributed by atoms with Crippen LogP contribution in [-0.2, 0) is 9.63 Å². The van der Waals surface area contributed by atoms with Crippen LogP contribution in [0.1, 0.15) is 65.2 Å². The lowest BCUT2D eigenvalue weighted by molar-refractivity contribution is -0.145. The van der Waals surface area contributed by atoms with Crippen molar-refractivity contribution >= 4 is 11.5 Å². The highest BCUT2D eigenvalue weighted by atomic mass is 16.6. The molecular formula is C22H36N2O3. The molecule has 5 heteroatoms. The Morgan fingerprint density at radius 2 is 2.00 bits per heavy atom. The van der Waals surface area contributed by atoms with Crippen LogP contribution in [0.15, 0.2) is 5.16 Å². The molecule has 7 atom stereocenters. The van der Waals surface area contributed by atoms with Crippen molar-refractivity contribution in [1.29, 1.82) is 0 Å². The first-order chi connectivity index (χ1) is 12.9. The van der Waals surface area contributed by atoms with E-state index in [1.165, 1.54) is 6.42 Å². The molecule has 2 unspecified atom stereocenters. The molecule has 0 spiro atoms. The average molecular weight is 377 g/mol. The summed E-state index contributed by atoms with van der Waals surface area (Å²) in [5.41, 5.74) is 6.79. The van der Waals surface area contributed by atoms with E-state index in [2.05, 4.69) is 19.0 Å². The number of carbonyl (C=O) groups excluding carboxylic acids is 1. The first-order valence-corrected chi connectivity index (χ1v) is 11.0. The van der Waals surface area contributed by atoms with E-state index in [0.29, 0.717) is 48.5 Å². The minimum absolute atomic E-state index is 0.0955. The quantitative estimate of drug-likeness (QED) is 0.583. The van der Waals surface area contributed by atoms with E-state index in [4.69, 9.17) is 10.6 Å². The minimum atomic E-state index is -0.0955. The smallest absolute Gasteiger partial charge is 0.139 e. The predicted octanol–water partition coefficient (Wildman–Crippen LogP) is 3.15. The third kappa shape index (κ3) is 2.96. The summed E-state index contributed by atoms with van der Waals surface area (Å²) in [6, 6.07) is 0. The predicted molar refractivity (Wildman–Crippen MR) is 105 cm³/mol. The van der Waals surface area contributed by atoms with E-state index in [1.54, 1.807) is 0 Å². The van der Waals surface area contributed by atoms with Crippen LogP contribution in [0.25, 0.3) is 0 Å². The van der Waals surface area contributed by atoms with Gasteiger partial charge in [-0.15, -0.1) is 0 Å². The Morgan fingerprint density at radius 1 is 1.19 bits per heavy atom. The van der Waals surface area contributed by atoms with Gasteiger partial charge in [0.15, 0.2) is 0 Å². The van der Waals surface area contributed by atoms with Crippen molar-refractivity contribution < 1.29 is 14.7 Å². The van der Waals surface area contributed by atoms with Crippen LogP contribution in [0.2, 0.25) is 0 Å². The van der Waals surface area contributed by atoms with E-state index in [-0.39, 0.29) is 17.4 Å². The summed E-state index contributed by atoms with van der Waals surface area (Å²) < 4.78 is 0. The topological polar surface area (TPSA) is 84.9 Å². The number of aliphatic hydroxyl groups excluding tert-OH is 1. The maximum atomic E-state index is 12.6. The molecule has 0 amide bonds. The summed E-state index contributed by atoms with van der Waals surface area (Å²) >= 11 is 0. The molecule has 5 nitrogen and oxygen atoms in total. The van der Waals surface area contributed by atoms with Gasteiger partial charge in [-0.1, -0.05) is 19.0 Å². The molecule has 4 saturated carbocycles. The summed E-state index contributed by atoms with van der Waals surface area (Å²) in [7, 11) is 0. The lowest BCUT2D eigenvalue weighted by Crippen LogP contribution is -2.56. The Hall–Kier alpha value is -0.940. The molecule has 4 aliphatic carbocycles. The number of hydrogen-bond acceptors (Lipinski definition) is 5. The van der Waals surface area contributed by atoms with Crippen molar-refractivity contribution in [3.63, 3.8) is 0 Å². The molecule has 3 N–H and O–H groups in total. The Labute approximate surface area is 163 Å². The molecule has 0 saturated heterocycles. The summed E-state index contributed by atoms with van der Waals surface area (Å²) in [6.07, 6.45) is 8.19. The van der Waals surface area contributed by atoms with Gasteiger partial charge in [0.25, 0.3) is 0 Å². The third-order valence-corrected chi connectivity index (χ3v) is 9.03. The fourth-order valence-electron chi connectivity index (χ4n) is 7.55. The monoisotopic (exact) mass is 376 g/mol. The largest absolute Gasteiger partial charge is 0.396 e. The first-order valence-electron chi connectivity index (χ1n) is 11.0. The zero-order valence-corrected chi connectivity index (χ0v) is 17.0. The Kier molecular flexibility index (Phi) is 5.13. The average Bonchev–Trinajstić information content (AvgIpc) is 2.96. The van der Waals surface area contributed by atoms with Gasteiger partial charge in [0.1, 0.15) is 12.4 Å². The Bertz CT molecular complexity index is 621. The molecule has 0 aromatic heterocycles. The van der Waals surface area contributed by atoms with Crippen LogP contribution in [0, 0.1) is 40.4 Å². The van der Waals surface area contributed by atoms with E-state index in [9.17, 15) is 9.90 Å². The van der Waals surface area contributed by atoms with Gasteiger partial charge < -0.3 is 15.7 Å². The molecule has 0 aliphatic heterocycles. The SMILES string of the molecule is C[C@]12CCC(=NOCCN)CC1C(CO)C[C@@H]1[C@H]2CC[C@]2(C)C(=O)CC[C@@H]12. The highest BCUT2D eigenvalue weighted by molar-refractivity contribution is 5.87. The van der Waals surface area contributed by atoms with Crippen LogP contribution in [0.3, 0.4) is 0 Å². The number of rotatable bonds is 4. The summed E-state index contributed by atoms with van der Waals surface area (Å²) in [6.45, 7) is 5.89. The normalized spacial score (nSPS) is 48.1. The first kappa shape index (κ1) is 19.4. The molecule has 4 fully saturated rings. The summed E-state index contributed by atoms with van der Waals surface area (Å²) in [4.78, 5) is 18.0. The number of carbonyl (C=O) groups is 1. The lowest BCUT2D eigenvalue weighted by Gasteiger charge is -2.61. The number of fused-ring (bicyclic) bond motifs is 5. The number of nitrogens with two attached hydrogens (primary N) is 1. The van der Waals surface area contributed by atoms with Crippen molar-refractivity contribution in [3.8, 4) is 0 Å². The highest BCUT2D eigenvalue weighted by Crippen LogP contribution is 2.66. The summed E-state index contributed by atoms with van der Waals surface area (Å²) in [5.74, 6) is 3.09. The Balaban J connectivity index is 1.59. The minimum Gasteiger partial charge on any atom is -0.396 e. The second-order valence-electron chi connectivity index (χ2n) is 10.1. The second-order valence-corrected chi connectivity index (χ2v) is 10.1. The van der Waals surface area contributed by atoms with Crippen molar-refractivity contribution in [2.45, 2.75) is 65.2 Å². The fourth-order valence-corrected chi connectivity index (χ4v) is 7.55. The van der Waals surface area contributed by atoms with Gasteiger partial charge in [-0.05, 0) is 80.0 Å². The van der Waals surface area contributed by atoms with Gasteiger partial charge in [0.2, 0.25) is 0 Å². The van der Waals surface area contributed by atoms with Gasteiger partial charge in [-0.3, -0.25) is 4.79 Å². The molecular weight excluding hydrogens is 340 g/mol. The molecule has 0 aromatic rings. The van der Waals surface area contributed by atoms with Crippen molar-refractivity contribution in [1.82, 2.24) is 0 Å². The standard InChI is InChI=1S/C22H36N2O3/c1-21-7-5-15(24-27-10-9-23)12-19(21)14(13-25)11-16-17-3-4-20(26)22(17,2)8-6-18(16)21/h14,16-19,25H,3-13,23H2,1-2H3/t14?,16-,17-,18+,19?,21+,22-/m0/s1.